The van der Waals surface area contributed by atoms with E-state index in [-0.39, 0.29) is 0 Å². The van der Waals surface area contributed by atoms with Gasteiger partial charge in [-0.15, -0.1) is 0 Å². The molecule has 1 heterocycles. The highest BCUT2D eigenvalue weighted by atomic mass is 15.2. The second-order valence-electron chi connectivity index (χ2n) is 8.36. The summed E-state index contributed by atoms with van der Waals surface area (Å²) in [5.41, 5.74) is 0. The smallest absolute Gasteiger partial charge is 0.0195 e. The maximum atomic E-state index is 3.72. The molecule has 0 radical (unpaired) electrons. The summed E-state index contributed by atoms with van der Waals surface area (Å²) in [5, 5.41) is 3.72. The van der Waals surface area contributed by atoms with Gasteiger partial charge < -0.3 is 5.32 Å². The van der Waals surface area contributed by atoms with E-state index in [0.29, 0.717) is 0 Å². The van der Waals surface area contributed by atoms with Crippen LogP contribution in [0.4, 0.5) is 0 Å². The van der Waals surface area contributed by atoms with Gasteiger partial charge in [-0.1, -0.05) is 26.7 Å². The Morgan fingerprint density at radius 1 is 0.905 bits per heavy atom. The number of hydrogen-bond donors (Lipinski definition) is 1. The molecule has 2 nitrogen and oxygen atoms in total. The maximum absolute atomic E-state index is 3.72. The summed E-state index contributed by atoms with van der Waals surface area (Å²) in [6.45, 7) is 8.83. The Labute approximate surface area is 132 Å². The monoisotopic (exact) mass is 292 g/mol. The van der Waals surface area contributed by atoms with Gasteiger partial charge in [-0.2, -0.15) is 0 Å². The van der Waals surface area contributed by atoms with Gasteiger partial charge in [0.05, 0.1) is 0 Å². The lowest BCUT2D eigenvalue weighted by atomic mass is 9.89. The molecule has 3 atom stereocenters. The Bertz CT molecular complexity index is 305. The molecule has 21 heavy (non-hydrogen) atoms. The van der Waals surface area contributed by atoms with Crippen LogP contribution in [0.15, 0.2) is 0 Å². The van der Waals surface area contributed by atoms with Crippen molar-refractivity contribution in [3.05, 3.63) is 0 Å². The van der Waals surface area contributed by atoms with Crippen LogP contribution in [0.5, 0.6) is 0 Å². The topological polar surface area (TPSA) is 15.3 Å². The third-order valence-corrected chi connectivity index (χ3v) is 6.25. The van der Waals surface area contributed by atoms with Crippen LogP contribution >= 0.6 is 0 Å². The molecular formula is C19H36N2. The largest absolute Gasteiger partial charge is 0.313 e. The van der Waals surface area contributed by atoms with Crippen LogP contribution in [0.1, 0.15) is 71.6 Å². The van der Waals surface area contributed by atoms with E-state index in [1.165, 1.54) is 77.4 Å². The summed E-state index contributed by atoms with van der Waals surface area (Å²) >= 11 is 0. The fraction of sp³-hybridized carbons (Fsp3) is 1.00. The summed E-state index contributed by atoms with van der Waals surface area (Å²) in [7, 11) is 0. The van der Waals surface area contributed by atoms with Crippen molar-refractivity contribution >= 4 is 0 Å². The molecule has 2 heteroatoms. The van der Waals surface area contributed by atoms with E-state index in [0.717, 1.165) is 29.8 Å². The number of hydrogen-bond acceptors (Lipinski definition) is 2. The highest BCUT2D eigenvalue weighted by Crippen LogP contribution is 2.35. The average Bonchev–Trinajstić information content (AvgIpc) is 3.19. The van der Waals surface area contributed by atoms with E-state index in [1.54, 1.807) is 0 Å². The van der Waals surface area contributed by atoms with Gasteiger partial charge in [0.25, 0.3) is 0 Å². The molecule has 1 N–H and O–H groups in total. The third kappa shape index (κ3) is 4.69. The third-order valence-electron chi connectivity index (χ3n) is 6.25. The predicted molar refractivity (Wildman–Crippen MR) is 90.5 cm³/mol. The summed E-state index contributed by atoms with van der Waals surface area (Å²) in [6.07, 6.45) is 13.1. The van der Waals surface area contributed by atoms with Crippen LogP contribution in [0.3, 0.4) is 0 Å². The van der Waals surface area contributed by atoms with Gasteiger partial charge in [-0.3, -0.25) is 4.90 Å². The Morgan fingerprint density at radius 3 is 2.43 bits per heavy atom. The first-order valence-corrected chi connectivity index (χ1v) is 9.70. The van der Waals surface area contributed by atoms with Gasteiger partial charge in [-0.25, -0.2) is 0 Å². The van der Waals surface area contributed by atoms with Crippen molar-refractivity contribution in [3.8, 4) is 0 Å². The molecule has 3 unspecified atom stereocenters. The molecular weight excluding hydrogens is 256 g/mol. The van der Waals surface area contributed by atoms with Crippen LogP contribution in [0, 0.1) is 17.8 Å². The molecule has 3 fully saturated rings. The van der Waals surface area contributed by atoms with Crippen molar-refractivity contribution in [2.24, 2.45) is 17.8 Å². The van der Waals surface area contributed by atoms with Gasteiger partial charge >= 0.3 is 0 Å². The van der Waals surface area contributed by atoms with Crippen LogP contribution < -0.4 is 5.32 Å². The molecule has 0 aromatic carbocycles. The lowest BCUT2D eigenvalue weighted by Crippen LogP contribution is -2.44. The van der Waals surface area contributed by atoms with E-state index in [9.17, 15) is 0 Å². The van der Waals surface area contributed by atoms with Crippen molar-refractivity contribution < 1.29 is 0 Å². The summed E-state index contributed by atoms with van der Waals surface area (Å²) in [6, 6.07) is 1.67. The molecule has 0 aromatic heterocycles. The van der Waals surface area contributed by atoms with Gasteiger partial charge in [0.2, 0.25) is 0 Å². The van der Waals surface area contributed by atoms with E-state index in [2.05, 4.69) is 24.1 Å². The van der Waals surface area contributed by atoms with Crippen LogP contribution in [0.25, 0.3) is 0 Å². The van der Waals surface area contributed by atoms with Crippen LogP contribution in [0.2, 0.25) is 0 Å². The Morgan fingerprint density at radius 2 is 1.76 bits per heavy atom. The molecule has 122 valence electrons. The zero-order chi connectivity index (χ0) is 14.7. The molecule has 1 saturated heterocycles. The molecule has 3 aliphatic rings. The second kappa shape index (κ2) is 7.46. The van der Waals surface area contributed by atoms with Gasteiger partial charge in [0, 0.05) is 25.2 Å². The Balaban J connectivity index is 1.55. The van der Waals surface area contributed by atoms with E-state index in [4.69, 9.17) is 0 Å². The number of nitrogens with one attached hydrogen (secondary N) is 1. The first-order chi connectivity index (χ1) is 10.2. The van der Waals surface area contributed by atoms with Crippen LogP contribution in [-0.4, -0.2) is 36.6 Å². The summed E-state index contributed by atoms with van der Waals surface area (Å²) in [4.78, 5) is 2.91. The SMILES string of the molecule is CC(C)C1CCCC(N(CC2CC2)CC2CCCN2)CC1. The standard InChI is InChI=1S/C19H36N2/c1-15(2)17-5-3-7-19(11-10-17)21(13-16-8-9-16)14-18-6-4-12-20-18/h15-20H,3-14H2,1-2H3. The minimum atomic E-state index is 0.785. The summed E-state index contributed by atoms with van der Waals surface area (Å²) in [5.74, 6) is 2.91. The maximum Gasteiger partial charge on any atom is 0.0195 e. The minimum Gasteiger partial charge on any atom is -0.313 e. The van der Waals surface area contributed by atoms with Crippen molar-refractivity contribution in [1.82, 2.24) is 10.2 Å². The Hall–Kier alpha value is -0.0800. The number of rotatable bonds is 6. The zero-order valence-corrected chi connectivity index (χ0v) is 14.3. The lowest BCUT2D eigenvalue weighted by Gasteiger charge is -2.33. The average molecular weight is 293 g/mol. The second-order valence-corrected chi connectivity index (χ2v) is 8.36. The molecule has 3 rings (SSSR count). The molecule has 0 bridgehead atoms. The fourth-order valence-corrected chi connectivity index (χ4v) is 4.54. The first kappa shape index (κ1) is 15.8. The fourth-order valence-electron chi connectivity index (χ4n) is 4.54. The minimum absolute atomic E-state index is 0.785. The van der Waals surface area contributed by atoms with Gasteiger partial charge in [0.1, 0.15) is 0 Å². The van der Waals surface area contributed by atoms with E-state index in [1.807, 2.05) is 0 Å². The van der Waals surface area contributed by atoms with Crippen molar-refractivity contribution in [1.29, 1.82) is 0 Å². The van der Waals surface area contributed by atoms with Crippen molar-refractivity contribution in [2.75, 3.05) is 19.6 Å². The van der Waals surface area contributed by atoms with Crippen molar-refractivity contribution in [3.63, 3.8) is 0 Å². The molecule has 0 amide bonds. The lowest BCUT2D eigenvalue weighted by molar-refractivity contribution is 0.155. The van der Waals surface area contributed by atoms with Gasteiger partial charge in [0.15, 0.2) is 0 Å². The zero-order valence-electron chi connectivity index (χ0n) is 14.3. The predicted octanol–water partition coefficient (Wildman–Crippen LogP) is 4.06. The summed E-state index contributed by atoms with van der Waals surface area (Å²) < 4.78 is 0. The van der Waals surface area contributed by atoms with Crippen LogP contribution in [-0.2, 0) is 0 Å². The molecule has 1 aliphatic heterocycles. The van der Waals surface area contributed by atoms with E-state index < -0.39 is 0 Å². The van der Waals surface area contributed by atoms with E-state index >= 15 is 0 Å². The molecule has 0 aromatic rings. The molecule has 2 saturated carbocycles. The quantitative estimate of drug-likeness (QED) is 0.743. The molecule has 2 aliphatic carbocycles. The Kier molecular flexibility index (Phi) is 5.61. The number of nitrogens with zero attached hydrogens (tertiary/aromatic N) is 1. The highest BCUT2D eigenvalue weighted by Gasteiger charge is 2.31. The highest BCUT2D eigenvalue weighted by molar-refractivity contribution is 4.87. The van der Waals surface area contributed by atoms with Gasteiger partial charge in [-0.05, 0) is 69.2 Å². The van der Waals surface area contributed by atoms with Crippen molar-refractivity contribution in [2.45, 2.75) is 83.7 Å². The normalized spacial score (nSPS) is 34.6. The molecule has 0 spiro atoms. The first-order valence-electron chi connectivity index (χ1n) is 9.70.